The molecule has 0 spiro atoms. The average Bonchev–Trinajstić information content (AvgIpc) is 2.37. The van der Waals surface area contributed by atoms with E-state index in [0.29, 0.717) is 17.3 Å². The van der Waals surface area contributed by atoms with Crippen molar-refractivity contribution >= 4 is 0 Å². The Morgan fingerprint density at radius 1 is 1.31 bits per heavy atom. The molecule has 0 fully saturated rings. The van der Waals surface area contributed by atoms with Gasteiger partial charge in [0.1, 0.15) is 0 Å². The summed E-state index contributed by atoms with van der Waals surface area (Å²) in [6, 6.07) is 7.95. The third-order valence-electron chi connectivity index (χ3n) is 4.58. The van der Waals surface area contributed by atoms with E-state index in [1.807, 2.05) is 0 Å². The highest BCUT2D eigenvalue weighted by Gasteiger charge is 2.44. The Bertz CT molecular complexity index is 398. The molecule has 0 heterocycles. The van der Waals surface area contributed by atoms with Crippen molar-refractivity contribution in [1.29, 1.82) is 0 Å². The lowest BCUT2D eigenvalue weighted by atomic mass is 9.74. The molecular formula is C16H23. The topological polar surface area (TPSA) is 0 Å². The highest BCUT2D eigenvalue weighted by atomic mass is 14.5. The largest absolute Gasteiger partial charge is 0.0622 e. The fourth-order valence-electron chi connectivity index (χ4n) is 3.34. The SMILES string of the molecule is Cc1[c]cc2c(c1)C(C)(C)C(C)C2C(C)C. The van der Waals surface area contributed by atoms with Gasteiger partial charge < -0.3 is 0 Å². The van der Waals surface area contributed by atoms with Crippen molar-refractivity contribution in [3.05, 3.63) is 34.9 Å². The molecule has 1 aliphatic rings. The zero-order chi connectivity index (χ0) is 12.1. The summed E-state index contributed by atoms with van der Waals surface area (Å²) in [6.45, 7) is 14.0. The predicted molar refractivity (Wildman–Crippen MR) is 69.8 cm³/mol. The number of benzene rings is 1. The second kappa shape index (κ2) is 3.61. The van der Waals surface area contributed by atoms with Gasteiger partial charge >= 0.3 is 0 Å². The minimum atomic E-state index is 0.310. The third kappa shape index (κ3) is 1.50. The summed E-state index contributed by atoms with van der Waals surface area (Å²) < 4.78 is 0. The second-order valence-electron chi connectivity index (χ2n) is 6.27. The first-order valence-corrected chi connectivity index (χ1v) is 6.38. The van der Waals surface area contributed by atoms with Gasteiger partial charge in [0, 0.05) is 0 Å². The molecule has 0 aromatic heterocycles. The Balaban J connectivity index is 2.60. The maximum atomic E-state index is 3.37. The summed E-state index contributed by atoms with van der Waals surface area (Å²) in [5, 5.41) is 0. The number of aryl methyl sites for hydroxylation is 1. The molecule has 0 saturated carbocycles. The van der Waals surface area contributed by atoms with Crippen LogP contribution in [0.15, 0.2) is 12.1 Å². The van der Waals surface area contributed by atoms with E-state index in [4.69, 9.17) is 0 Å². The van der Waals surface area contributed by atoms with Gasteiger partial charge in [0.15, 0.2) is 0 Å². The molecule has 0 bridgehead atoms. The van der Waals surface area contributed by atoms with Gasteiger partial charge in [-0.15, -0.1) is 0 Å². The summed E-state index contributed by atoms with van der Waals surface area (Å²) in [4.78, 5) is 0. The maximum Gasteiger partial charge on any atom is -0.00691 e. The van der Waals surface area contributed by atoms with E-state index in [1.54, 1.807) is 5.56 Å². The molecule has 1 aromatic rings. The molecule has 0 heteroatoms. The van der Waals surface area contributed by atoms with Crippen LogP contribution in [0.4, 0.5) is 0 Å². The van der Waals surface area contributed by atoms with Gasteiger partial charge in [-0.2, -0.15) is 0 Å². The lowest BCUT2D eigenvalue weighted by molar-refractivity contribution is 0.286. The van der Waals surface area contributed by atoms with E-state index >= 15 is 0 Å². The van der Waals surface area contributed by atoms with Crippen LogP contribution in [-0.2, 0) is 5.41 Å². The van der Waals surface area contributed by atoms with Crippen LogP contribution in [0.25, 0.3) is 0 Å². The van der Waals surface area contributed by atoms with E-state index in [9.17, 15) is 0 Å². The molecule has 0 amide bonds. The van der Waals surface area contributed by atoms with Crippen LogP contribution in [0, 0.1) is 24.8 Å². The van der Waals surface area contributed by atoms with Crippen molar-refractivity contribution in [1.82, 2.24) is 0 Å². The Kier molecular flexibility index (Phi) is 2.64. The van der Waals surface area contributed by atoms with Crippen molar-refractivity contribution in [3.63, 3.8) is 0 Å². The van der Waals surface area contributed by atoms with Crippen molar-refractivity contribution < 1.29 is 0 Å². The average molecular weight is 215 g/mol. The van der Waals surface area contributed by atoms with Crippen LogP contribution in [-0.4, -0.2) is 0 Å². The molecule has 2 unspecified atom stereocenters. The van der Waals surface area contributed by atoms with Gasteiger partial charge in [-0.25, -0.2) is 0 Å². The first kappa shape index (κ1) is 11.7. The normalized spacial score (nSPS) is 27.2. The smallest absolute Gasteiger partial charge is 0.00691 e. The van der Waals surface area contributed by atoms with E-state index in [2.05, 4.69) is 59.7 Å². The molecule has 2 rings (SSSR count). The Morgan fingerprint density at radius 2 is 1.94 bits per heavy atom. The van der Waals surface area contributed by atoms with Crippen LogP contribution >= 0.6 is 0 Å². The number of rotatable bonds is 1. The van der Waals surface area contributed by atoms with Crippen LogP contribution < -0.4 is 0 Å². The van der Waals surface area contributed by atoms with Crippen molar-refractivity contribution in [2.45, 2.75) is 52.9 Å². The van der Waals surface area contributed by atoms with Gasteiger partial charge in [-0.1, -0.05) is 46.8 Å². The first-order chi connectivity index (χ1) is 7.35. The molecule has 16 heavy (non-hydrogen) atoms. The van der Waals surface area contributed by atoms with E-state index in [-0.39, 0.29) is 0 Å². The van der Waals surface area contributed by atoms with Crippen LogP contribution in [0.1, 0.15) is 57.2 Å². The standard InChI is InChI=1S/C16H23/c1-10(2)15-12(4)16(5,6)14-9-11(3)7-8-13(14)15/h8-10,12,15H,1-6H3. The van der Waals surface area contributed by atoms with E-state index in [0.717, 1.165) is 5.92 Å². The third-order valence-corrected chi connectivity index (χ3v) is 4.58. The van der Waals surface area contributed by atoms with Crippen LogP contribution in [0.5, 0.6) is 0 Å². The first-order valence-electron chi connectivity index (χ1n) is 6.38. The Labute approximate surface area is 100 Å². The Hall–Kier alpha value is -0.780. The second-order valence-corrected chi connectivity index (χ2v) is 6.27. The number of fused-ring (bicyclic) bond motifs is 1. The van der Waals surface area contributed by atoms with Crippen molar-refractivity contribution in [2.75, 3.05) is 0 Å². The minimum Gasteiger partial charge on any atom is -0.0622 e. The van der Waals surface area contributed by atoms with Crippen molar-refractivity contribution in [2.24, 2.45) is 11.8 Å². The molecule has 1 aliphatic carbocycles. The predicted octanol–water partition coefficient (Wildman–Crippen LogP) is 4.46. The van der Waals surface area contributed by atoms with E-state index < -0.39 is 0 Å². The van der Waals surface area contributed by atoms with Crippen LogP contribution in [0.2, 0.25) is 0 Å². The highest BCUT2D eigenvalue weighted by Crippen LogP contribution is 2.52. The van der Waals surface area contributed by atoms with Crippen LogP contribution in [0.3, 0.4) is 0 Å². The quantitative estimate of drug-likeness (QED) is 0.648. The minimum absolute atomic E-state index is 0.310. The maximum absolute atomic E-state index is 3.37. The monoisotopic (exact) mass is 215 g/mol. The molecule has 1 radical (unpaired) electrons. The number of hydrogen-bond acceptors (Lipinski definition) is 0. The zero-order valence-electron chi connectivity index (χ0n) is 11.4. The summed E-state index contributed by atoms with van der Waals surface area (Å²) in [6.07, 6.45) is 0. The molecule has 0 saturated heterocycles. The summed E-state index contributed by atoms with van der Waals surface area (Å²) >= 11 is 0. The van der Waals surface area contributed by atoms with Gasteiger partial charge in [0.25, 0.3) is 0 Å². The van der Waals surface area contributed by atoms with Gasteiger partial charge in [-0.3, -0.25) is 0 Å². The molecule has 0 nitrogen and oxygen atoms in total. The molecule has 87 valence electrons. The summed E-state index contributed by atoms with van der Waals surface area (Å²) in [5.41, 5.74) is 4.67. The van der Waals surface area contributed by atoms with Gasteiger partial charge in [0.05, 0.1) is 0 Å². The lowest BCUT2D eigenvalue weighted by Crippen LogP contribution is -2.25. The molecule has 0 aliphatic heterocycles. The fraction of sp³-hybridized carbons (Fsp3) is 0.625. The zero-order valence-corrected chi connectivity index (χ0v) is 11.4. The highest BCUT2D eigenvalue weighted by molar-refractivity contribution is 5.44. The van der Waals surface area contributed by atoms with Gasteiger partial charge in [-0.05, 0) is 52.8 Å². The lowest BCUT2D eigenvalue weighted by Gasteiger charge is -2.30. The summed E-state index contributed by atoms with van der Waals surface area (Å²) in [7, 11) is 0. The van der Waals surface area contributed by atoms with Gasteiger partial charge in [0.2, 0.25) is 0 Å². The van der Waals surface area contributed by atoms with Crippen molar-refractivity contribution in [3.8, 4) is 0 Å². The molecule has 1 aromatic carbocycles. The number of hydrogen-bond donors (Lipinski definition) is 0. The molecule has 0 N–H and O–H groups in total. The fourth-order valence-corrected chi connectivity index (χ4v) is 3.34. The molecule has 2 atom stereocenters. The molecular weight excluding hydrogens is 192 g/mol. The van der Waals surface area contributed by atoms with E-state index in [1.165, 1.54) is 11.1 Å². The Morgan fingerprint density at radius 3 is 2.50 bits per heavy atom. The summed E-state index contributed by atoms with van der Waals surface area (Å²) in [5.74, 6) is 2.13.